The van der Waals surface area contributed by atoms with Crippen molar-refractivity contribution in [2.24, 2.45) is 5.73 Å². The zero-order valence-corrected chi connectivity index (χ0v) is 14.2. The van der Waals surface area contributed by atoms with E-state index in [2.05, 4.69) is 5.32 Å². The quantitative estimate of drug-likeness (QED) is 0.662. The third-order valence-corrected chi connectivity index (χ3v) is 5.65. The maximum atomic E-state index is 12.4. The summed E-state index contributed by atoms with van der Waals surface area (Å²) in [6.45, 7) is 0.847. The van der Waals surface area contributed by atoms with E-state index in [-0.39, 0.29) is 37.8 Å². The van der Waals surface area contributed by atoms with Gasteiger partial charge in [-0.1, -0.05) is 30.3 Å². The zero-order chi connectivity index (χ0) is 17.6. The molecule has 24 heavy (non-hydrogen) atoms. The molecule has 2 amide bonds. The normalized spacial score (nSPS) is 16.0. The fourth-order valence-electron chi connectivity index (χ4n) is 2.45. The van der Waals surface area contributed by atoms with Gasteiger partial charge in [0.05, 0.1) is 18.8 Å². The highest BCUT2D eigenvalue weighted by atomic mass is 32.2. The van der Waals surface area contributed by atoms with Crippen molar-refractivity contribution in [3.05, 3.63) is 35.9 Å². The van der Waals surface area contributed by atoms with Crippen LogP contribution in [0.25, 0.3) is 0 Å². The third-order valence-electron chi connectivity index (χ3n) is 3.80. The Morgan fingerprint density at radius 1 is 1.08 bits per heavy atom. The monoisotopic (exact) mass is 354 g/mol. The molecule has 1 aromatic carbocycles. The van der Waals surface area contributed by atoms with Crippen molar-refractivity contribution < 1.29 is 18.0 Å². The van der Waals surface area contributed by atoms with Crippen LogP contribution in [-0.4, -0.2) is 68.7 Å². The SMILES string of the molecule is NCC(=O)NCC(=O)N1CCN(S(=O)(=O)Cc2ccccc2)CC1. The van der Waals surface area contributed by atoms with Gasteiger partial charge in [0.2, 0.25) is 21.8 Å². The number of nitrogens with one attached hydrogen (secondary N) is 1. The van der Waals surface area contributed by atoms with Gasteiger partial charge in [0.15, 0.2) is 0 Å². The van der Waals surface area contributed by atoms with Crippen molar-refractivity contribution in [3.8, 4) is 0 Å². The van der Waals surface area contributed by atoms with Gasteiger partial charge < -0.3 is 16.0 Å². The zero-order valence-electron chi connectivity index (χ0n) is 13.3. The number of carbonyl (C=O) groups is 2. The number of carbonyl (C=O) groups excluding carboxylic acids is 2. The molecule has 0 aromatic heterocycles. The molecule has 0 spiro atoms. The highest BCUT2D eigenvalue weighted by molar-refractivity contribution is 7.88. The Hall–Kier alpha value is -1.97. The lowest BCUT2D eigenvalue weighted by molar-refractivity contribution is -0.133. The van der Waals surface area contributed by atoms with Gasteiger partial charge in [-0.2, -0.15) is 4.31 Å². The summed E-state index contributed by atoms with van der Waals surface area (Å²) in [5, 5.41) is 2.42. The molecule has 1 aromatic rings. The minimum absolute atomic E-state index is 0.0473. The molecule has 9 heteroatoms. The summed E-state index contributed by atoms with van der Waals surface area (Å²) in [5.41, 5.74) is 5.89. The van der Waals surface area contributed by atoms with Gasteiger partial charge in [-0.3, -0.25) is 9.59 Å². The number of amides is 2. The fourth-order valence-corrected chi connectivity index (χ4v) is 3.97. The Morgan fingerprint density at radius 3 is 2.29 bits per heavy atom. The van der Waals surface area contributed by atoms with Crippen molar-refractivity contribution in [3.63, 3.8) is 0 Å². The summed E-state index contributed by atoms with van der Waals surface area (Å²) in [6, 6.07) is 8.99. The van der Waals surface area contributed by atoms with Crippen LogP contribution in [0.5, 0.6) is 0 Å². The summed E-state index contributed by atoms with van der Waals surface area (Å²) in [6.07, 6.45) is 0. The minimum Gasteiger partial charge on any atom is -0.346 e. The maximum Gasteiger partial charge on any atom is 0.242 e. The Labute approximate surface area is 141 Å². The average molecular weight is 354 g/mol. The van der Waals surface area contributed by atoms with E-state index in [4.69, 9.17) is 5.73 Å². The fraction of sp³-hybridized carbons (Fsp3) is 0.467. The Morgan fingerprint density at radius 2 is 1.71 bits per heavy atom. The number of sulfonamides is 1. The van der Waals surface area contributed by atoms with Gasteiger partial charge in [0.1, 0.15) is 0 Å². The van der Waals surface area contributed by atoms with E-state index in [1.165, 1.54) is 4.31 Å². The van der Waals surface area contributed by atoms with E-state index in [1.54, 1.807) is 29.2 Å². The van der Waals surface area contributed by atoms with Crippen LogP contribution in [0.2, 0.25) is 0 Å². The van der Waals surface area contributed by atoms with Crippen LogP contribution in [0.15, 0.2) is 30.3 Å². The molecule has 2 rings (SSSR count). The van der Waals surface area contributed by atoms with Crippen LogP contribution < -0.4 is 11.1 Å². The van der Waals surface area contributed by atoms with Crippen molar-refractivity contribution in [1.82, 2.24) is 14.5 Å². The number of rotatable bonds is 6. The van der Waals surface area contributed by atoms with E-state index in [0.717, 1.165) is 5.56 Å². The summed E-state index contributed by atoms with van der Waals surface area (Å²) in [4.78, 5) is 24.6. The van der Waals surface area contributed by atoms with Gasteiger partial charge in [0, 0.05) is 26.2 Å². The molecule has 0 aliphatic carbocycles. The smallest absolute Gasteiger partial charge is 0.242 e. The van der Waals surface area contributed by atoms with Crippen LogP contribution in [0, 0.1) is 0 Å². The number of nitrogens with two attached hydrogens (primary N) is 1. The van der Waals surface area contributed by atoms with Crippen LogP contribution >= 0.6 is 0 Å². The summed E-state index contributed by atoms with van der Waals surface area (Å²) in [7, 11) is -3.41. The molecular weight excluding hydrogens is 332 g/mol. The van der Waals surface area contributed by atoms with Crippen LogP contribution in [0.4, 0.5) is 0 Å². The van der Waals surface area contributed by atoms with Crippen LogP contribution in [-0.2, 0) is 25.4 Å². The minimum atomic E-state index is -3.41. The molecule has 1 aliphatic rings. The Kier molecular flexibility index (Phi) is 6.29. The first-order chi connectivity index (χ1) is 11.4. The standard InChI is InChI=1S/C15H22N4O4S/c16-10-14(20)17-11-15(21)18-6-8-19(9-7-18)24(22,23)12-13-4-2-1-3-5-13/h1-5H,6-12,16H2,(H,17,20). The molecule has 0 unspecified atom stereocenters. The van der Waals surface area contributed by atoms with E-state index in [0.29, 0.717) is 13.1 Å². The number of piperazine rings is 1. The van der Waals surface area contributed by atoms with Crippen molar-refractivity contribution >= 4 is 21.8 Å². The van der Waals surface area contributed by atoms with Crippen LogP contribution in [0.3, 0.4) is 0 Å². The van der Waals surface area contributed by atoms with E-state index in [1.807, 2.05) is 6.07 Å². The molecular formula is C15H22N4O4S. The van der Waals surface area contributed by atoms with Gasteiger partial charge in [0.25, 0.3) is 0 Å². The van der Waals surface area contributed by atoms with E-state index < -0.39 is 15.9 Å². The lowest BCUT2D eigenvalue weighted by atomic mass is 10.2. The molecule has 0 saturated carbocycles. The average Bonchev–Trinajstić information content (AvgIpc) is 2.60. The van der Waals surface area contributed by atoms with Crippen LogP contribution in [0.1, 0.15) is 5.56 Å². The lowest BCUT2D eigenvalue weighted by Gasteiger charge is -2.34. The molecule has 1 aliphatic heterocycles. The summed E-state index contributed by atoms with van der Waals surface area (Å²) < 4.78 is 26.3. The first-order valence-corrected chi connectivity index (χ1v) is 9.29. The second-order valence-corrected chi connectivity index (χ2v) is 7.47. The number of benzene rings is 1. The molecule has 1 heterocycles. The van der Waals surface area contributed by atoms with Crippen molar-refractivity contribution in [2.75, 3.05) is 39.3 Å². The first kappa shape index (κ1) is 18.4. The molecule has 1 saturated heterocycles. The Balaban J connectivity index is 1.85. The largest absolute Gasteiger partial charge is 0.346 e. The van der Waals surface area contributed by atoms with Gasteiger partial charge in [-0.15, -0.1) is 0 Å². The number of nitrogens with zero attached hydrogens (tertiary/aromatic N) is 2. The van der Waals surface area contributed by atoms with E-state index in [9.17, 15) is 18.0 Å². The maximum absolute atomic E-state index is 12.4. The second-order valence-electron chi connectivity index (χ2n) is 5.50. The molecule has 0 atom stereocenters. The van der Waals surface area contributed by atoms with Gasteiger partial charge in [-0.25, -0.2) is 8.42 Å². The van der Waals surface area contributed by atoms with Crippen molar-refractivity contribution in [2.45, 2.75) is 5.75 Å². The van der Waals surface area contributed by atoms with Crippen molar-refractivity contribution in [1.29, 1.82) is 0 Å². The first-order valence-electron chi connectivity index (χ1n) is 7.68. The predicted molar refractivity (Wildman–Crippen MR) is 89.3 cm³/mol. The van der Waals surface area contributed by atoms with Gasteiger partial charge in [-0.05, 0) is 5.56 Å². The topological polar surface area (TPSA) is 113 Å². The molecule has 132 valence electrons. The van der Waals surface area contributed by atoms with Gasteiger partial charge >= 0.3 is 0 Å². The second kappa shape index (κ2) is 8.22. The third kappa shape index (κ3) is 5.02. The molecule has 1 fully saturated rings. The molecule has 0 bridgehead atoms. The summed E-state index contributed by atoms with van der Waals surface area (Å²) >= 11 is 0. The Bertz CT molecular complexity index is 670. The lowest BCUT2D eigenvalue weighted by Crippen LogP contribution is -2.53. The molecule has 3 N–H and O–H groups in total. The number of hydrogen-bond acceptors (Lipinski definition) is 5. The predicted octanol–water partition coefficient (Wildman–Crippen LogP) is -1.26. The summed E-state index contributed by atoms with van der Waals surface area (Å²) in [5.74, 6) is -0.682. The molecule has 0 radical (unpaired) electrons. The number of hydrogen-bond donors (Lipinski definition) is 2. The highest BCUT2D eigenvalue weighted by Gasteiger charge is 2.28. The van der Waals surface area contributed by atoms with E-state index >= 15 is 0 Å². The molecule has 8 nitrogen and oxygen atoms in total. The highest BCUT2D eigenvalue weighted by Crippen LogP contribution is 2.13.